The van der Waals surface area contributed by atoms with Gasteiger partial charge in [-0.05, 0) is 43.5 Å². The number of amides is 1. The summed E-state index contributed by atoms with van der Waals surface area (Å²) in [5.41, 5.74) is 8.03. The first-order valence-corrected chi connectivity index (χ1v) is 7.04. The maximum absolute atomic E-state index is 12.0. The molecule has 1 aliphatic rings. The molecule has 0 bridgehead atoms. The Hall–Kier alpha value is -1.10. The van der Waals surface area contributed by atoms with Crippen molar-refractivity contribution in [2.75, 3.05) is 25.0 Å². The number of carbonyl (C=O) groups excluding carboxylic acids is 1. The number of anilines is 1. The van der Waals surface area contributed by atoms with Crippen LogP contribution in [0.1, 0.15) is 25.3 Å². The molecule has 4 nitrogen and oxygen atoms in total. The van der Waals surface area contributed by atoms with Gasteiger partial charge in [-0.1, -0.05) is 19.1 Å². The zero-order valence-electron chi connectivity index (χ0n) is 12.0. The minimum Gasteiger partial charge on any atom is -0.327 e. The molecule has 0 radical (unpaired) electrons. The Morgan fingerprint density at radius 1 is 1.50 bits per heavy atom. The number of likely N-dealkylation sites (tertiary alicyclic amines) is 1. The molecule has 5 heteroatoms. The lowest BCUT2D eigenvalue weighted by Crippen LogP contribution is -2.45. The molecule has 20 heavy (non-hydrogen) atoms. The fourth-order valence-corrected chi connectivity index (χ4v) is 2.51. The second-order valence-electron chi connectivity index (χ2n) is 5.24. The van der Waals surface area contributed by atoms with E-state index in [-0.39, 0.29) is 24.4 Å². The third kappa shape index (κ3) is 5.12. The van der Waals surface area contributed by atoms with Crippen LogP contribution in [-0.2, 0) is 11.2 Å². The average molecular weight is 298 g/mol. The largest absolute Gasteiger partial charge is 0.327 e. The van der Waals surface area contributed by atoms with E-state index in [4.69, 9.17) is 5.73 Å². The van der Waals surface area contributed by atoms with Crippen LogP contribution in [0.5, 0.6) is 0 Å². The molecular formula is C15H24ClN3O. The van der Waals surface area contributed by atoms with Gasteiger partial charge in [0.25, 0.3) is 0 Å². The summed E-state index contributed by atoms with van der Waals surface area (Å²) in [6.07, 6.45) is 3.13. The highest BCUT2D eigenvalue weighted by atomic mass is 35.5. The van der Waals surface area contributed by atoms with Gasteiger partial charge in [-0.2, -0.15) is 0 Å². The smallest absolute Gasteiger partial charge is 0.238 e. The molecule has 112 valence electrons. The first kappa shape index (κ1) is 17.0. The highest BCUT2D eigenvalue weighted by Gasteiger charge is 2.18. The van der Waals surface area contributed by atoms with Gasteiger partial charge in [0, 0.05) is 18.3 Å². The summed E-state index contributed by atoms with van der Waals surface area (Å²) < 4.78 is 0. The number of hydrogen-bond acceptors (Lipinski definition) is 3. The Balaban J connectivity index is 0.00000200. The SMILES string of the molecule is CCc1cccc(NC(=O)CN2CCCC(N)C2)c1.Cl. The molecule has 3 N–H and O–H groups in total. The van der Waals surface area contributed by atoms with Gasteiger partial charge in [-0.25, -0.2) is 0 Å². The minimum atomic E-state index is 0. The second kappa shape index (κ2) is 8.25. The summed E-state index contributed by atoms with van der Waals surface area (Å²) in [6, 6.07) is 8.22. The Kier molecular flexibility index (Phi) is 6.99. The fourth-order valence-electron chi connectivity index (χ4n) is 2.51. The maximum atomic E-state index is 12.0. The molecule has 0 aromatic heterocycles. The number of rotatable bonds is 4. The van der Waals surface area contributed by atoms with E-state index in [2.05, 4.69) is 23.2 Å². The third-order valence-electron chi connectivity index (χ3n) is 3.53. The lowest BCUT2D eigenvalue weighted by atomic mass is 10.1. The van der Waals surface area contributed by atoms with Crippen molar-refractivity contribution in [3.63, 3.8) is 0 Å². The van der Waals surface area contributed by atoms with E-state index < -0.39 is 0 Å². The van der Waals surface area contributed by atoms with Crippen LogP contribution in [0, 0.1) is 0 Å². The Morgan fingerprint density at radius 3 is 3.00 bits per heavy atom. The molecule has 1 unspecified atom stereocenters. The average Bonchev–Trinajstić information content (AvgIpc) is 2.38. The summed E-state index contributed by atoms with van der Waals surface area (Å²) in [6.45, 7) is 4.33. The standard InChI is InChI=1S/C15H23N3O.ClH/c1-2-12-5-3-7-14(9-12)17-15(19)11-18-8-4-6-13(16)10-18;/h3,5,7,9,13H,2,4,6,8,10-11,16H2,1H3,(H,17,19);1H. The predicted octanol–water partition coefficient (Wildman–Crippen LogP) is 2.03. The summed E-state index contributed by atoms with van der Waals surface area (Å²) in [5, 5.41) is 2.96. The predicted molar refractivity (Wildman–Crippen MR) is 85.3 cm³/mol. The van der Waals surface area contributed by atoms with Crippen LogP contribution in [-0.4, -0.2) is 36.5 Å². The van der Waals surface area contributed by atoms with Gasteiger partial charge in [0.15, 0.2) is 0 Å². The second-order valence-corrected chi connectivity index (χ2v) is 5.24. The van der Waals surface area contributed by atoms with Crippen molar-refractivity contribution in [3.8, 4) is 0 Å². The van der Waals surface area contributed by atoms with Gasteiger partial charge >= 0.3 is 0 Å². The fraction of sp³-hybridized carbons (Fsp3) is 0.533. The lowest BCUT2D eigenvalue weighted by molar-refractivity contribution is -0.117. The van der Waals surface area contributed by atoms with Crippen molar-refractivity contribution in [2.45, 2.75) is 32.2 Å². The Labute approximate surface area is 127 Å². The molecular weight excluding hydrogens is 274 g/mol. The maximum Gasteiger partial charge on any atom is 0.238 e. The Morgan fingerprint density at radius 2 is 2.30 bits per heavy atom. The van der Waals surface area contributed by atoms with Crippen molar-refractivity contribution in [2.24, 2.45) is 5.73 Å². The van der Waals surface area contributed by atoms with E-state index in [0.717, 1.165) is 38.0 Å². The van der Waals surface area contributed by atoms with Gasteiger partial charge in [-0.3, -0.25) is 9.69 Å². The molecule has 1 fully saturated rings. The van der Waals surface area contributed by atoms with Crippen molar-refractivity contribution in [1.82, 2.24) is 4.90 Å². The number of halogens is 1. The number of piperidine rings is 1. The van der Waals surface area contributed by atoms with Crippen molar-refractivity contribution >= 4 is 24.0 Å². The molecule has 1 aromatic carbocycles. The zero-order valence-corrected chi connectivity index (χ0v) is 12.8. The number of nitrogens with one attached hydrogen (secondary N) is 1. The topological polar surface area (TPSA) is 58.4 Å². The van der Waals surface area contributed by atoms with E-state index in [1.165, 1.54) is 5.56 Å². The number of hydrogen-bond donors (Lipinski definition) is 2. The summed E-state index contributed by atoms with van der Waals surface area (Å²) in [7, 11) is 0. The van der Waals surface area contributed by atoms with Crippen molar-refractivity contribution in [3.05, 3.63) is 29.8 Å². The molecule has 2 rings (SSSR count). The monoisotopic (exact) mass is 297 g/mol. The molecule has 0 saturated carbocycles. The van der Waals surface area contributed by atoms with Crippen LogP contribution in [0.15, 0.2) is 24.3 Å². The normalized spacial score (nSPS) is 19.2. The van der Waals surface area contributed by atoms with Gasteiger partial charge in [-0.15, -0.1) is 12.4 Å². The van der Waals surface area contributed by atoms with Crippen LogP contribution >= 0.6 is 12.4 Å². The molecule has 0 aliphatic carbocycles. The first-order chi connectivity index (χ1) is 9.17. The van der Waals surface area contributed by atoms with Crippen molar-refractivity contribution in [1.29, 1.82) is 0 Å². The molecule has 1 heterocycles. The number of nitrogens with zero attached hydrogens (tertiary/aromatic N) is 1. The van der Waals surface area contributed by atoms with Gasteiger partial charge in [0.05, 0.1) is 6.54 Å². The molecule has 1 atom stereocenters. The lowest BCUT2D eigenvalue weighted by Gasteiger charge is -2.29. The number of benzene rings is 1. The number of carbonyl (C=O) groups is 1. The highest BCUT2D eigenvalue weighted by Crippen LogP contribution is 2.12. The van der Waals surface area contributed by atoms with Gasteiger partial charge < -0.3 is 11.1 Å². The minimum absolute atomic E-state index is 0. The molecule has 1 amide bonds. The number of aryl methyl sites for hydroxylation is 1. The molecule has 0 spiro atoms. The number of nitrogens with two attached hydrogens (primary N) is 1. The quantitative estimate of drug-likeness (QED) is 0.894. The first-order valence-electron chi connectivity index (χ1n) is 7.04. The van der Waals surface area contributed by atoms with E-state index in [0.29, 0.717) is 6.54 Å². The zero-order chi connectivity index (χ0) is 13.7. The molecule has 1 aliphatic heterocycles. The van der Waals surface area contributed by atoms with Crippen LogP contribution in [0.2, 0.25) is 0 Å². The van der Waals surface area contributed by atoms with Crippen molar-refractivity contribution < 1.29 is 4.79 Å². The van der Waals surface area contributed by atoms with E-state index >= 15 is 0 Å². The van der Waals surface area contributed by atoms with Gasteiger partial charge in [0.2, 0.25) is 5.91 Å². The van der Waals surface area contributed by atoms with E-state index in [1.807, 2.05) is 18.2 Å². The summed E-state index contributed by atoms with van der Waals surface area (Å²) in [4.78, 5) is 14.1. The van der Waals surface area contributed by atoms with Crippen LogP contribution in [0.4, 0.5) is 5.69 Å². The van der Waals surface area contributed by atoms with Crippen LogP contribution in [0.3, 0.4) is 0 Å². The summed E-state index contributed by atoms with van der Waals surface area (Å²) >= 11 is 0. The Bertz CT molecular complexity index is 439. The van der Waals surface area contributed by atoms with Crippen LogP contribution in [0.25, 0.3) is 0 Å². The third-order valence-corrected chi connectivity index (χ3v) is 3.53. The molecule has 1 aromatic rings. The van der Waals surface area contributed by atoms with E-state index in [9.17, 15) is 4.79 Å². The molecule has 1 saturated heterocycles. The van der Waals surface area contributed by atoms with E-state index in [1.54, 1.807) is 0 Å². The highest BCUT2D eigenvalue weighted by molar-refractivity contribution is 5.92. The van der Waals surface area contributed by atoms with Gasteiger partial charge in [0.1, 0.15) is 0 Å². The van der Waals surface area contributed by atoms with Crippen LogP contribution < -0.4 is 11.1 Å². The summed E-state index contributed by atoms with van der Waals surface area (Å²) in [5.74, 6) is 0.0438.